The Kier molecular flexibility index (Phi) is 3.63. The first-order valence-electron chi connectivity index (χ1n) is 5.23. The third kappa shape index (κ3) is 3.85. The van der Waals surface area contributed by atoms with Crippen molar-refractivity contribution in [1.29, 1.82) is 0 Å². The van der Waals surface area contributed by atoms with E-state index in [1.807, 2.05) is 6.07 Å². The second-order valence-corrected chi connectivity index (χ2v) is 7.17. The van der Waals surface area contributed by atoms with E-state index in [0.717, 1.165) is 6.54 Å². The van der Waals surface area contributed by atoms with Crippen LogP contribution in [0.3, 0.4) is 0 Å². The van der Waals surface area contributed by atoms with Gasteiger partial charge in [0.2, 0.25) is 0 Å². The highest BCUT2D eigenvalue weighted by Crippen LogP contribution is 2.22. The van der Waals surface area contributed by atoms with Gasteiger partial charge < -0.3 is 5.32 Å². The molecular weight excluding hydrogens is 222 g/mol. The van der Waals surface area contributed by atoms with Crippen molar-refractivity contribution in [2.45, 2.75) is 25.7 Å². The molecule has 0 radical (unpaired) electrons. The van der Waals surface area contributed by atoms with Crippen LogP contribution in [0.15, 0.2) is 29.2 Å². The van der Waals surface area contributed by atoms with Crippen LogP contribution in [0.25, 0.3) is 0 Å². The van der Waals surface area contributed by atoms with E-state index in [-0.39, 0.29) is 5.41 Å². The number of rotatable bonds is 3. The lowest BCUT2D eigenvalue weighted by molar-refractivity contribution is 0.442. The molecule has 0 saturated carbocycles. The van der Waals surface area contributed by atoms with Gasteiger partial charge in [-0.15, -0.1) is 0 Å². The summed E-state index contributed by atoms with van der Waals surface area (Å²) in [6.45, 7) is 7.04. The fourth-order valence-corrected chi connectivity index (χ4v) is 2.16. The Bertz CT molecular complexity index is 458. The highest BCUT2D eigenvalue weighted by molar-refractivity contribution is 7.90. The number of para-hydroxylation sites is 1. The van der Waals surface area contributed by atoms with Crippen molar-refractivity contribution in [3.63, 3.8) is 0 Å². The highest BCUT2D eigenvalue weighted by atomic mass is 32.2. The predicted molar refractivity (Wildman–Crippen MR) is 67.5 cm³/mol. The van der Waals surface area contributed by atoms with Crippen LogP contribution in [0.2, 0.25) is 0 Å². The molecule has 0 amide bonds. The Hall–Kier alpha value is -1.03. The smallest absolute Gasteiger partial charge is 0.177 e. The van der Waals surface area contributed by atoms with Crippen molar-refractivity contribution in [2.24, 2.45) is 5.41 Å². The van der Waals surface area contributed by atoms with E-state index in [4.69, 9.17) is 0 Å². The Morgan fingerprint density at radius 2 is 1.75 bits per heavy atom. The monoisotopic (exact) mass is 241 g/mol. The normalized spacial score (nSPS) is 12.5. The summed E-state index contributed by atoms with van der Waals surface area (Å²) < 4.78 is 23.1. The molecule has 0 unspecified atom stereocenters. The second-order valence-electron chi connectivity index (χ2n) is 5.18. The zero-order valence-corrected chi connectivity index (χ0v) is 11.1. The van der Waals surface area contributed by atoms with Crippen molar-refractivity contribution in [3.05, 3.63) is 24.3 Å². The van der Waals surface area contributed by atoms with E-state index in [0.29, 0.717) is 10.6 Å². The molecule has 1 aromatic rings. The molecule has 0 saturated heterocycles. The Morgan fingerprint density at radius 1 is 1.19 bits per heavy atom. The molecule has 1 N–H and O–H groups in total. The van der Waals surface area contributed by atoms with Crippen molar-refractivity contribution in [3.8, 4) is 0 Å². The molecule has 0 fully saturated rings. The number of nitrogens with one attached hydrogen (secondary N) is 1. The fraction of sp³-hybridized carbons (Fsp3) is 0.500. The summed E-state index contributed by atoms with van der Waals surface area (Å²) in [5.74, 6) is 0. The van der Waals surface area contributed by atoms with E-state index in [1.54, 1.807) is 18.2 Å². The predicted octanol–water partition coefficient (Wildman–Crippen LogP) is 2.55. The molecule has 0 atom stereocenters. The van der Waals surface area contributed by atoms with Gasteiger partial charge in [-0.3, -0.25) is 0 Å². The summed E-state index contributed by atoms with van der Waals surface area (Å²) in [6.07, 6.45) is 1.23. The van der Waals surface area contributed by atoms with Gasteiger partial charge in [0.25, 0.3) is 0 Å². The van der Waals surface area contributed by atoms with Gasteiger partial charge in [-0.1, -0.05) is 32.9 Å². The molecule has 4 heteroatoms. The SMILES string of the molecule is CC(C)(C)CNc1ccccc1S(C)(=O)=O. The number of hydrogen-bond acceptors (Lipinski definition) is 3. The fourth-order valence-electron chi connectivity index (χ4n) is 1.30. The molecule has 0 aliphatic rings. The zero-order valence-electron chi connectivity index (χ0n) is 10.2. The van der Waals surface area contributed by atoms with Crippen molar-refractivity contribution < 1.29 is 8.42 Å². The second kappa shape index (κ2) is 4.45. The number of anilines is 1. The number of benzene rings is 1. The van der Waals surface area contributed by atoms with Crippen molar-refractivity contribution >= 4 is 15.5 Å². The van der Waals surface area contributed by atoms with E-state index >= 15 is 0 Å². The van der Waals surface area contributed by atoms with E-state index < -0.39 is 9.84 Å². The minimum absolute atomic E-state index is 0.116. The van der Waals surface area contributed by atoms with E-state index in [9.17, 15) is 8.42 Å². The summed E-state index contributed by atoms with van der Waals surface area (Å²) in [6, 6.07) is 6.99. The van der Waals surface area contributed by atoms with Gasteiger partial charge in [-0.05, 0) is 17.5 Å². The zero-order chi connectivity index (χ0) is 12.4. The Balaban J connectivity index is 2.97. The standard InChI is InChI=1S/C12H19NO2S/c1-12(2,3)9-13-10-7-5-6-8-11(10)16(4,14)15/h5-8,13H,9H2,1-4H3. The molecule has 3 nitrogen and oxygen atoms in total. The topological polar surface area (TPSA) is 46.2 Å². The molecule has 0 spiro atoms. The first-order chi connectivity index (χ1) is 7.20. The number of sulfone groups is 1. The molecule has 1 aromatic carbocycles. The lowest BCUT2D eigenvalue weighted by Gasteiger charge is -2.20. The molecule has 0 aliphatic heterocycles. The van der Waals surface area contributed by atoms with Crippen LogP contribution in [0.1, 0.15) is 20.8 Å². The Morgan fingerprint density at radius 3 is 2.25 bits per heavy atom. The van der Waals surface area contributed by atoms with Gasteiger partial charge in [0, 0.05) is 12.8 Å². The van der Waals surface area contributed by atoms with Gasteiger partial charge in [0.15, 0.2) is 9.84 Å². The minimum Gasteiger partial charge on any atom is -0.383 e. The van der Waals surface area contributed by atoms with Crippen molar-refractivity contribution in [1.82, 2.24) is 0 Å². The third-order valence-electron chi connectivity index (χ3n) is 2.10. The lowest BCUT2D eigenvalue weighted by Crippen LogP contribution is -2.20. The van der Waals surface area contributed by atoms with Crippen molar-refractivity contribution in [2.75, 3.05) is 18.1 Å². The third-order valence-corrected chi connectivity index (χ3v) is 3.25. The molecule has 90 valence electrons. The van der Waals surface area contributed by atoms with Crippen LogP contribution in [0.4, 0.5) is 5.69 Å². The van der Waals surface area contributed by atoms with Gasteiger partial charge in [-0.2, -0.15) is 0 Å². The van der Waals surface area contributed by atoms with Gasteiger partial charge in [-0.25, -0.2) is 8.42 Å². The summed E-state index contributed by atoms with van der Waals surface area (Å²) >= 11 is 0. The first kappa shape index (κ1) is 13.0. The van der Waals surface area contributed by atoms with Gasteiger partial charge in [0.05, 0.1) is 10.6 Å². The van der Waals surface area contributed by atoms with E-state index in [2.05, 4.69) is 26.1 Å². The van der Waals surface area contributed by atoms with Crippen LogP contribution < -0.4 is 5.32 Å². The molecule has 0 aliphatic carbocycles. The molecule has 0 heterocycles. The van der Waals surface area contributed by atoms with Crippen LogP contribution >= 0.6 is 0 Å². The lowest BCUT2D eigenvalue weighted by atomic mass is 9.97. The van der Waals surface area contributed by atoms with Crippen LogP contribution in [0.5, 0.6) is 0 Å². The highest BCUT2D eigenvalue weighted by Gasteiger charge is 2.15. The minimum atomic E-state index is -3.16. The quantitative estimate of drug-likeness (QED) is 0.884. The average Bonchev–Trinajstić information content (AvgIpc) is 2.12. The van der Waals surface area contributed by atoms with Gasteiger partial charge >= 0.3 is 0 Å². The molecule has 1 rings (SSSR count). The maximum Gasteiger partial charge on any atom is 0.177 e. The molecule has 0 bridgehead atoms. The Labute approximate surface area is 97.8 Å². The van der Waals surface area contributed by atoms with Crippen LogP contribution in [0, 0.1) is 5.41 Å². The summed E-state index contributed by atoms with van der Waals surface area (Å²) in [5, 5.41) is 3.18. The summed E-state index contributed by atoms with van der Waals surface area (Å²) in [4.78, 5) is 0.360. The average molecular weight is 241 g/mol. The largest absolute Gasteiger partial charge is 0.383 e. The molecule has 0 aromatic heterocycles. The van der Waals surface area contributed by atoms with Gasteiger partial charge in [0.1, 0.15) is 0 Å². The van der Waals surface area contributed by atoms with E-state index in [1.165, 1.54) is 6.26 Å². The van der Waals surface area contributed by atoms with Crippen LogP contribution in [-0.2, 0) is 9.84 Å². The number of hydrogen-bond donors (Lipinski definition) is 1. The van der Waals surface area contributed by atoms with Crippen LogP contribution in [-0.4, -0.2) is 21.2 Å². The molecular formula is C12H19NO2S. The first-order valence-corrected chi connectivity index (χ1v) is 7.12. The maximum atomic E-state index is 11.5. The summed E-state index contributed by atoms with van der Waals surface area (Å²) in [7, 11) is -3.16. The maximum absolute atomic E-state index is 11.5. The summed E-state index contributed by atoms with van der Waals surface area (Å²) in [5.41, 5.74) is 0.796. The molecule has 16 heavy (non-hydrogen) atoms.